The molecule has 1 N–H and O–H groups in total. The van der Waals surface area contributed by atoms with Gasteiger partial charge in [0.1, 0.15) is 0 Å². The maximum Gasteiger partial charge on any atom is 0.240 e. The summed E-state index contributed by atoms with van der Waals surface area (Å²) in [6.07, 6.45) is 2.27. The highest BCUT2D eigenvalue weighted by Crippen LogP contribution is 2.22. The predicted octanol–water partition coefficient (Wildman–Crippen LogP) is 1.02. The summed E-state index contributed by atoms with van der Waals surface area (Å²) < 4.78 is 51.3. The zero-order valence-electron chi connectivity index (χ0n) is 18.5. The second kappa shape index (κ2) is 9.56. The van der Waals surface area contributed by atoms with Crippen molar-refractivity contribution in [2.75, 3.05) is 38.2 Å². The van der Waals surface area contributed by atoms with Crippen LogP contribution in [0.25, 0.3) is 0 Å². The molecule has 0 aromatic heterocycles. The van der Waals surface area contributed by atoms with Crippen molar-refractivity contribution in [2.45, 2.75) is 50.1 Å². The number of amides is 1. The third-order valence-corrected chi connectivity index (χ3v) is 9.64. The zero-order chi connectivity index (χ0) is 22.8. The number of likely N-dealkylation sites (tertiary alicyclic amines) is 1. The number of sulfonamides is 1. The van der Waals surface area contributed by atoms with Crippen molar-refractivity contribution in [1.82, 2.24) is 14.5 Å². The third kappa shape index (κ3) is 6.06. The van der Waals surface area contributed by atoms with E-state index in [1.54, 1.807) is 36.2 Å². The van der Waals surface area contributed by atoms with E-state index in [-0.39, 0.29) is 40.3 Å². The Balaban J connectivity index is 1.56. The van der Waals surface area contributed by atoms with Gasteiger partial charge in [0.15, 0.2) is 9.84 Å². The van der Waals surface area contributed by atoms with Gasteiger partial charge in [-0.3, -0.25) is 9.69 Å². The first-order valence-corrected chi connectivity index (χ1v) is 14.1. The maximum absolute atomic E-state index is 13.0. The number of nitrogens with one attached hydrogen (secondary N) is 1. The molecule has 3 atom stereocenters. The van der Waals surface area contributed by atoms with Gasteiger partial charge in [-0.2, -0.15) is 0 Å². The zero-order valence-corrected chi connectivity index (χ0v) is 20.1. The normalized spacial score (nSPS) is 25.3. The molecule has 2 aliphatic rings. The van der Waals surface area contributed by atoms with Crippen LogP contribution in [0.5, 0.6) is 0 Å². The number of benzene rings is 1. The molecule has 10 heteroatoms. The standard InChI is InChI=1S/C21H33N3O5S2/c1-16-6-8-20(9-7-16)31(28,29)22-13-18-5-4-11-24(14-18)17(2)21(25)23(3)19-10-12-30(26,27)15-19/h6-9,17-19,22H,4-5,10-15H2,1-3H3. The quantitative estimate of drug-likeness (QED) is 0.637. The van der Waals surface area contributed by atoms with E-state index in [2.05, 4.69) is 9.62 Å². The van der Waals surface area contributed by atoms with Crippen LogP contribution in [0.2, 0.25) is 0 Å². The van der Waals surface area contributed by atoms with E-state index in [4.69, 9.17) is 0 Å². The van der Waals surface area contributed by atoms with Gasteiger partial charge in [0.2, 0.25) is 15.9 Å². The summed E-state index contributed by atoms with van der Waals surface area (Å²) >= 11 is 0. The van der Waals surface area contributed by atoms with Crippen molar-refractivity contribution in [3.05, 3.63) is 29.8 Å². The van der Waals surface area contributed by atoms with Crippen LogP contribution in [-0.4, -0.2) is 82.8 Å². The lowest BCUT2D eigenvalue weighted by Gasteiger charge is -2.38. The molecule has 31 heavy (non-hydrogen) atoms. The molecule has 1 aromatic carbocycles. The molecule has 2 aliphatic heterocycles. The molecule has 0 aliphatic carbocycles. The Morgan fingerprint density at radius 1 is 1.26 bits per heavy atom. The Labute approximate surface area is 186 Å². The Morgan fingerprint density at radius 2 is 1.94 bits per heavy atom. The minimum absolute atomic E-state index is 0.0331. The van der Waals surface area contributed by atoms with Crippen LogP contribution >= 0.6 is 0 Å². The number of hydrogen-bond acceptors (Lipinski definition) is 6. The van der Waals surface area contributed by atoms with E-state index < -0.39 is 19.9 Å². The summed E-state index contributed by atoms with van der Waals surface area (Å²) in [5.41, 5.74) is 1.00. The molecule has 1 amide bonds. The predicted molar refractivity (Wildman–Crippen MR) is 120 cm³/mol. The molecule has 0 spiro atoms. The Morgan fingerprint density at radius 3 is 2.55 bits per heavy atom. The van der Waals surface area contributed by atoms with Crippen molar-refractivity contribution in [3.63, 3.8) is 0 Å². The molecule has 174 valence electrons. The minimum atomic E-state index is -3.57. The van der Waals surface area contributed by atoms with Gasteiger partial charge in [0.25, 0.3) is 0 Å². The molecule has 1 aromatic rings. The molecule has 3 rings (SSSR count). The molecule has 3 unspecified atom stereocenters. The number of nitrogens with zero attached hydrogens (tertiary/aromatic N) is 2. The first-order valence-electron chi connectivity index (χ1n) is 10.8. The van der Waals surface area contributed by atoms with Crippen LogP contribution in [0.4, 0.5) is 0 Å². The summed E-state index contributed by atoms with van der Waals surface area (Å²) in [7, 11) is -4.94. The number of rotatable bonds is 7. The average Bonchev–Trinajstić information content (AvgIpc) is 3.11. The lowest BCUT2D eigenvalue weighted by molar-refractivity contribution is -0.137. The molecule has 0 bridgehead atoms. The maximum atomic E-state index is 13.0. The summed E-state index contributed by atoms with van der Waals surface area (Å²) in [6.45, 7) is 5.47. The van der Waals surface area contributed by atoms with Crippen molar-refractivity contribution >= 4 is 25.8 Å². The second-order valence-electron chi connectivity index (χ2n) is 8.85. The van der Waals surface area contributed by atoms with Gasteiger partial charge in [-0.15, -0.1) is 0 Å². The molecule has 2 fully saturated rings. The highest BCUT2D eigenvalue weighted by Gasteiger charge is 2.36. The summed E-state index contributed by atoms with van der Waals surface area (Å²) in [6, 6.07) is 6.12. The molecule has 0 saturated carbocycles. The van der Waals surface area contributed by atoms with E-state index in [1.807, 2.05) is 13.8 Å². The first kappa shape index (κ1) is 24.2. The van der Waals surface area contributed by atoms with Crippen molar-refractivity contribution < 1.29 is 21.6 Å². The van der Waals surface area contributed by atoms with Crippen LogP contribution in [0.3, 0.4) is 0 Å². The summed E-state index contributed by atoms with van der Waals surface area (Å²) in [5, 5.41) is 0. The summed E-state index contributed by atoms with van der Waals surface area (Å²) in [4.78, 5) is 16.9. The van der Waals surface area contributed by atoms with Crippen molar-refractivity contribution in [1.29, 1.82) is 0 Å². The fraction of sp³-hybridized carbons (Fsp3) is 0.667. The number of aryl methyl sites for hydroxylation is 1. The Bertz CT molecular complexity index is 992. The lowest BCUT2D eigenvalue weighted by Crippen LogP contribution is -2.52. The van der Waals surface area contributed by atoms with Gasteiger partial charge in [-0.1, -0.05) is 17.7 Å². The first-order chi connectivity index (χ1) is 14.5. The van der Waals surface area contributed by atoms with Crippen LogP contribution < -0.4 is 4.72 Å². The topological polar surface area (TPSA) is 104 Å². The molecule has 2 heterocycles. The van der Waals surface area contributed by atoms with E-state index >= 15 is 0 Å². The van der Waals surface area contributed by atoms with E-state index in [9.17, 15) is 21.6 Å². The third-order valence-electron chi connectivity index (χ3n) is 6.45. The number of likely N-dealkylation sites (N-methyl/N-ethyl adjacent to an activating group) is 1. The number of hydrogen-bond donors (Lipinski definition) is 1. The Hall–Kier alpha value is -1.49. The summed E-state index contributed by atoms with van der Waals surface area (Å²) in [5.74, 6) is 0.200. The fourth-order valence-corrected chi connectivity index (χ4v) is 7.25. The minimum Gasteiger partial charge on any atom is -0.340 e. The number of carbonyl (C=O) groups is 1. The van der Waals surface area contributed by atoms with Crippen LogP contribution in [-0.2, 0) is 24.7 Å². The highest BCUT2D eigenvalue weighted by molar-refractivity contribution is 7.91. The van der Waals surface area contributed by atoms with Gasteiger partial charge < -0.3 is 4.90 Å². The van der Waals surface area contributed by atoms with Crippen molar-refractivity contribution in [3.8, 4) is 0 Å². The van der Waals surface area contributed by atoms with E-state index in [0.717, 1.165) is 24.9 Å². The van der Waals surface area contributed by atoms with Crippen LogP contribution in [0.1, 0.15) is 31.7 Å². The smallest absolute Gasteiger partial charge is 0.240 e. The molecule has 2 saturated heterocycles. The number of sulfone groups is 1. The molecule has 8 nitrogen and oxygen atoms in total. The van der Waals surface area contributed by atoms with Gasteiger partial charge in [-0.05, 0) is 57.7 Å². The van der Waals surface area contributed by atoms with Crippen LogP contribution in [0.15, 0.2) is 29.2 Å². The molecule has 0 radical (unpaired) electrons. The van der Waals surface area contributed by atoms with Gasteiger partial charge in [-0.25, -0.2) is 21.6 Å². The molecular weight excluding hydrogens is 438 g/mol. The van der Waals surface area contributed by atoms with E-state index in [1.165, 1.54) is 0 Å². The van der Waals surface area contributed by atoms with Crippen LogP contribution in [0, 0.1) is 12.8 Å². The highest BCUT2D eigenvalue weighted by atomic mass is 32.2. The largest absolute Gasteiger partial charge is 0.340 e. The average molecular weight is 472 g/mol. The Kier molecular flexibility index (Phi) is 7.45. The van der Waals surface area contributed by atoms with Gasteiger partial charge >= 0.3 is 0 Å². The van der Waals surface area contributed by atoms with Gasteiger partial charge in [0, 0.05) is 26.2 Å². The lowest BCUT2D eigenvalue weighted by atomic mass is 9.97. The number of carbonyl (C=O) groups excluding carboxylic acids is 1. The second-order valence-corrected chi connectivity index (χ2v) is 12.8. The fourth-order valence-electron chi connectivity index (χ4n) is 4.36. The van der Waals surface area contributed by atoms with Crippen molar-refractivity contribution in [2.24, 2.45) is 5.92 Å². The van der Waals surface area contributed by atoms with Gasteiger partial charge in [0.05, 0.1) is 22.4 Å². The molecular formula is C21H33N3O5S2. The SMILES string of the molecule is Cc1ccc(S(=O)(=O)NCC2CCCN(C(C)C(=O)N(C)C3CCS(=O)(=O)C3)C2)cc1. The monoisotopic (exact) mass is 471 g/mol. The van der Waals surface area contributed by atoms with E-state index in [0.29, 0.717) is 19.5 Å². The number of piperidine rings is 1.